The maximum Gasteiger partial charge on any atom is 0.124 e. The van der Waals surface area contributed by atoms with Gasteiger partial charge in [0.05, 0.1) is 0 Å². The first-order chi connectivity index (χ1) is 10.1. The van der Waals surface area contributed by atoms with Gasteiger partial charge < -0.3 is 10.1 Å². The molecule has 2 rings (SSSR count). The van der Waals surface area contributed by atoms with Crippen LogP contribution >= 0.6 is 15.9 Å². The lowest BCUT2D eigenvalue weighted by Crippen LogP contribution is -2.19. The fourth-order valence-corrected chi connectivity index (χ4v) is 2.47. The zero-order valence-electron chi connectivity index (χ0n) is 12.6. The van der Waals surface area contributed by atoms with E-state index in [0.717, 1.165) is 23.3 Å². The zero-order valence-corrected chi connectivity index (χ0v) is 14.2. The van der Waals surface area contributed by atoms with Crippen molar-refractivity contribution < 1.29 is 4.74 Å². The highest BCUT2D eigenvalue weighted by molar-refractivity contribution is 9.10. The van der Waals surface area contributed by atoms with Gasteiger partial charge in [0.2, 0.25) is 0 Å². The van der Waals surface area contributed by atoms with Crippen molar-refractivity contribution >= 4 is 15.9 Å². The van der Waals surface area contributed by atoms with Gasteiger partial charge in [0.1, 0.15) is 12.4 Å². The number of halogens is 1. The molecule has 1 N–H and O–H groups in total. The Balaban J connectivity index is 2.00. The molecule has 21 heavy (non-hydrogen) atoms. The predicted octanol–water partition coefficient (Wildman–Crippen LogP) is 4.77. The van der Waals surface area contributed by atoms with Crippen molar-refractivity contribution in [2.24, 2.45) is 5.92 Å². The van der Waals surface area contributed by atoms with E-state index in [1.54, 1.807) is 0 Å². The van der Waals surface area contributed by atoms with Crippen LogP contribution in [-0.2, 0) is 13.2 Å². The Kier molecular flexibility index (Phi) is 6.27. The van der Waals surface area contributed by atoms with E-state index in [2.05, 4.69) is 53.3 Å². The van der Waals surface area contributed by atoms with Gasteiger partial charge >= 0.3 is 0 Å². The number of ether oxygens (including phenoxy) is 1. The molecule has 0 bridgehead atoms. The van der Waals surface area contributed by atoms with Gasteiger partial charge in [-0.25, -0.2) is 0 Å². The van der Waals surface area contributed by atoms with E-state index in [9.17, 15) is 0 Å². The van der Waals surface area contributed by atoms with E-state index in [1.807, 2.05) is 30.3 Å². The molecular formula is C18H22BrNO. The second-order valence-electron chi connectivity index (χ2n) is 5.55. The van der Waals surface area contributed by atoms with Gasteiger partial charge in [-0.15, -0.1) is 0 Å². The van der Waals surface area contributed by atoms with Crippen LogP contribution < -0.4 is 10.1 Å². The maximum atomic E-state index is 5.97. The fourth-order valence-electron chi connectivity index (χ4n) is 2.06. The molecule has 112 valence electrons. The summed E-state index contributed by atoms with van der Waals surface area (Å²) in [6, 6.07) is 16.4. The van der Waals surface area contributed by atoms with E-state index in [0.29, 0.717) is 12.5 Å². The minimum absolute atomic E-state index is 0.597. The summed E-state index contributed by atoms with van der Waals surface area (Å²) in [4.78, 5) is 0. The molecule has 0 radical (unpaired) electrons. The Morgan fingerprint density at radius 2 is 1.86 bits per heavy atom. The first-order valence-corrected chi connectivity index (χ1v) is 8.10. The zero-order chi connectivity index (χ0) is 15.1. The molecule has 0 aliphatic carbocycles. The molecule has 0 atom stereocenters. The highest BCUT2D eigenvalue weighted by atomic mass is 79.9. The van der Waals surface area contributed by atoms with Crippen molar-refractivity contribution in [3.8, 4) is 5.75 Å². The average Bonchev–Trinajstić information content (AvgIpc) is 2.47. The standard InChI is InChI=1S/C18H22BrNO/c1-14(2)11-20-12-16-10-17(19)8-9-18(16)21-13-15-6-4-3-5-7-15/h3-10,14,20H,11-13H2,1-2H3. The summed E-state index contributed by atoms with van der Waals surface area (Å²) in [6.45, 7) is 6.84. The van der Waals surface area contributed by atoms with Gasteiger partial charge in [0.15, 0.2) is 0 Å². The largest absolute Gasteiger partial charge is 0.489 e. The van der Waals surface area contributed by atoms with E-state index < -0.39 is 0 Å². The summed E-state index contributed by atoms with van der Waals surface area (Å²) >= 11 is 3.53. The fraction of sp³-hybridized carbons (Fsp3) is 0.333. The quantitative estimate of drug-likeness (QED) is 0.778. The van der Waals surface area contributed by atoms with Crippen LogP contribution in [0.15, 0.2) is 53.0 Å². The summed E-state index contributed by atoms with van der Waals surface area (Å²) < 4.78 is 7.05. The van der Waals surface area contributed by atoms with Crippen molar-refractivity contribution in [2.45, 2.75) is 27.0 Å². The molecule has 0 heterocycles. The monoisotopic (exact) mass is 347 g/mol. The number of hydrogen-bond acceptors (Lipinski definition) is 2. The van der Waals surface area contributed by atoms with Crippen LogP contribution in [0.3, 0.4) is 0 Å². The van der Waals surface area contributed by atoms with E-state index in [4.69, 9.17) is 4.74 Å². The second-order valence-corrected chi connectivity index (χ2v) is 6.47. The lowest BCUT2D eigenvalue weighted by molar-refractivity contribution is 0.302. The lowest BCUT2D eigenvalue weighted by atomic mass is 10.1. The van der Waals surface area contributed by atoms with Crippen molar-refractivity contribution in [1.82, 2.24) is 5.32 Å². The van der Waals surface area contributed by atoms with Gasteiger partial charge in [-0.3, -0.25) is 0 Å². The molecule has 0 spiro atoms. The Labute approximate surface area is 135 Å². The first kappa shape index (κ1) is 16.1. The molecule has 2 nitrogen and oxygen atoms in total. The molecule has 0 saturated carbocycles. The van der Waals surface area contributed by atoms with Gasteiger partial charge in [-0.05, 0) is 36.2 Å². The van der Waals surface area contributed by atoms with Crippen LogP contribution in [0.1, 0.15) is 25.0 Å². The molecule has 0 saturated heterocycles. The van der Waals surface area contributed by atoms with Crippen LogP contribution in [0.5, 0.6) is 5.75 Å². The second kappa shape index (κ2) is 8.20. The van der Waals surface area contributed by atoms with Crippen LogP contribution in [0.4, 0.5) is 0 Å². The Bertz CT molecular complexity index is 554. The normalized spacial score (nSPS) is 10.9. The molecule has 2 aromatic carbocycles. The molecule has 0 aliphatic heterocycles. The van der Waals surface area contributed by atoms with Crippen molar-refractivity contribution in [3.63, 3.8) is 0 Å². The molecule has 2 aromatic rings. The molecular weight excluding hydrogens is 326 g/mol. The van der Waals surface area contributed by atoms with Crippen LogP contribution in [0.25, 0.3) is 0 Å². The minimum atomic E-state index is 0.597. The topological polar surface area (TPSA) is 21.3 Å². The molecule has 3 heteroatoms. The maximum absolute atomic E-state index is 5.97. The summed E-state index contributed by atoms with van der Waals surface area (Å²) in [5.74, 6) is 1.59. The Hall–Kier alpha value is -1.32. The average molecular weight is 348 g/mol. The van der Waals surface area contributed by atoms with Gasteiger partial charge in [-0.2, -0.15) is 0 Å². The number of hydrogen-bond donors (Lipinski definition) is 1. The number of rotatable bonds is 7. The molecule has 0 fully saturated rings. The van der Waals surface area contributed by atoms with Crippen LogP contribution in [-0.4, -0.2) is 6.54 Å². The van der Waals surface area contributed by atoms with Crippen molar-refractivity contribution in [2.75, 3.05) is 6.54 Å². The van der Waals surface area contributed by atoms with Gasteiger partial charge in [0, 0.05) is 16.6 Å². The van der Waals surface area contributed by atoms with E-state index in [-0.39, 0.29) is 0 Å². The Morgan fingerprint density at radius 1 is 1.10 bits per heavy atom. The third kappa shape index (κ3) is 5.52. The third-order valence-corrected chi connectivity index (χ3v) is 3.62. The van der Waals surface area contributed by atoms with Gasteiger partial charge in [0.25, 0.3) is 0 Å². The van der Waals surface area contributed by atoms with Crippen LogP contribution in [0.2, 0.25) is 0 Å². The minimum Gasteiger partial charge on any atom is -0.489 e. The number of nitrogens with one attached hydrogen (secondary N) is 1. The first-order valence-electron chi connectivity index (χ1n) is 7.31. The Morgan fingerprint density at radius 3 is 2.57 bits per heavy atom. The number of benzene rings is 2. The SMILES string of the molecule is CC(C)CNCc1cc(Br)ccc1OCc1ccccc1. The summed E-state index contributed by atoms with van der Waals surface area (Å²) in [5, 5.41) is 3.47. The van der Waals surface area contributed by atoms with E-state index in [1.165, 1.54) is 11.1 Å². The molecule has 0 unspecified atom stereocenters. The molecule has 0 aliphatic rings. The summed E-state index contributed by atoms with van der Waals surface area (Å²) in [7, 11) is 0. The molecule has 0 aromatic heterocycles. The van der Waals surface area contributed by atoms with Crippen molar-refractivity contribution in [1.29, 1.82) is 0 Å². The summed E-state index contributed by atoms with van der Waals surface area (Å²) in [5.41, 5.74) is 2.36. The molecule has 0 amide bonds. The highest BCUT2D eigenvalue weighted by Gasteiger charge is 2.05. The van der Waals surface area contributed by atoms with E-state index >= 15 is 0 Å². The summed E-state index contributed by atoms with van der Waals surface area (Å²) in [6.07, 6.45) is 0. The van der Waals surface area contributed by atoms with Crippen LogP contribution in [0, 0.1) is 5.92 Å². The van der Waals surface area contributed by atoms with Crippen molar-refractivity contribution in [3.05, 3.63) is 64.1 Å². The van der Waals surface area contributed by atoms with Gasteiger partial charge in [-0.1, -0.05) is 60.1 Å². The highest BCUT2D eigenvalue weighted by Crippen LogP contribution is 2.24. The predicted molar refractivity (Wildman–Crippen MR) is 91.5 cm³/mol. The smallest absolute Gasteiger partial charge is 0.124 e. The lowest BCUT2D eigenvalue weighted by Gasteiger charge is -2.14. The third-order valence-electron chi connectivity index (χ3n) is 3.13.